The molecule has 0 aliphatic rings. The zero-order valence-corrected chi connectivity index (χ0v) is 13.9. The molecule has 1 aromatic rings. The summed E-state index contributed by atoms with van der Waals surface area (Å²) in [6, 6.07) is 0. The second-order valence-electron chi connectivity index (χ2n) is 5.11. The van der Waals surface area contributed by atoms with Crippen molar-refractivity contribution in [3.8, 4) is 0 Å². The molecule has 0 saturated carbocycles. The van der Waals surface area contributed by atoms with Gasteiger partial charge in [-0.15, -0.1) is 5.10 Å². The lowest BCUT2D eigenvalue weighted by Gasteiger charge is -2.16. The molecule has 1 N–H and O–H groups in total. The van der Waals surface area contributed by atoms with Gasteiger partial charge in [0.2, 0.25) is 0 Å². The molecule has 7 heteroatoms. The van der Waals surface area contributed by atoms with Crippen LogP contribution in [0.25, 0.3) is 0 Å². The summed E-state index contributed by atoms with van der Waals surface area (Å²) in [6.45, 7) is 8.01. The minimum atomic E-state index is -0.168. The highest BCUT2D eigenvalue weighted by atomic mass is 79.9. The van der Waals surface area contributed by atoms with Gasteiger partial charge in [-0.05, 0) is 18.0 Å². The highest BCUT2D eigenvalue weighted by Gasteiger charge is 2.25. The number of alkyl halides is 1. The third kappa shape index (κ3) is 5.54. The number of carbonyl (C=O) groups is 1. The maximum absolute atomic E-state index is 12.0. The van der Waals surface area contributed by atoms with E-state index in [1.54, 1.807) is 0 Å². The van der Waals surface area contributed by atoms with Crippen LogP contribution in [0.4, 0.5) is 0 Å². The molecule has 0 fully saturated rings. The molecular formula is C12H20BrN3O2S. The van der Waals surface area contributed by atoms with Crippen molar-refractivity contribution in [2.45, 2.75) is 32.6 Å². The SMILES string of the molecule is CC(C)(C)c1nnsc1C(=O)NCCCOCCBr. The van der Waals surface area contributed by atoms with E-state index in [1.807, 2.05) is 20.8 Å². The summed E-state index contributed by atoms with van der Waals surface area (Å²) in [5, 5.41) is 7.76. The maximum Gasteiger partial charge on any atom is 0.264 e. The van der Waals surface area contributed by atoms with Gasteiger partial charge in [0.1, 0.15) is 4.88 Å². The molecule has 108 valence electrons. The minimum Gasteiger partial charge on any atom is -0.381 e. The molecular weight excluding hydrogens is 330 g/mol. The van der Waals surface area contributed by atoms with Gasteiger partial charge < -0.3 is 10.1 Å². The number of rotatable bonds is 7. The normalized spacial score (nSPS) is 11.6. The Morgan fingerprint density at radius 3 is 2.79 bits per heavy atom. The Kier molecular flexibility index (Phi) is 6.88. The van der Waals surface area contributed by atoms with E-state index in [0.29, 0.717) is 24.6 Å². The molecule has 0 aromatic carbocycles. The van der Waals surface area contributed by atoms with E-state index in [1.165, 1.54) is 0 Å². The molecule has 0 aliphatic carbocycles. The molecule has 1 heterocycles. The Bertz CT molecular complexity index is 404. The molecule has 0 spiro atoms. The van der Waals surface area contributed by atoms with Gasteiger partial charge in [-0.3, -0.25) is 4.79 Å². The Morgan fingerprint density at radius 1 is 1.42 bits per heavy atom. The summed E-state index contributed by atoms with van der Waals surface area (Å²) >= 11 is 4.43. The standard InChI is InChI=1S/C12H20BrN3O2S/c1-12(2,3)10-9(19-16-15-10)11(17)14-6-4-7-18-8-5-13/h4-8H2,1-3H3,(H,14,17). The molecule has 0 atom stereocenters. The smallest absolute Gasteiger partial charge is 0.264 e. The van der Waals surface area contributed by atoms with Crippen molar-refractivity contribution in [3.63, 3.8) is 0 Å². The predicted molar refractivity (Wildman–Crippen MR) is 80.2 cm³/mol. The number of nitrogens with zero attached hydrogens (tertiary/aromatic N) is 2. The molecule has 1 amide bonds. The summed E-state index contributed by atoms with van der Waals surface area (Å²) in [4.78, 5) is 12.6. The van der Waals surface area contributed by atoms with Gasteiger partial charge in [0.15, 0.2) is 0 Å². The second-order valence-corrected chi connectivity index (χ2v) is 6.66. The molecule has 1 aromatic heterocycles. The van der Waals surface area contributed by atoms with Crippen LogP contribution in [0.3, 0.4) is 0 Å². The van der Waals surface area contributed by atoms with Crippen LogP contribution >= 0.6 is 27.5 Å². The van der Waals surface area contributed by atoms with Crippen LogP contribution in [0.5, 0.6) is 0 Å². The molecule has 19 heavy (non-hydrogen) atoms. The molecule has 0 saturated heterocycles. The molecule has 0 radical (unpaired) electrons. The fourth-order valence-electron chi connectivity index (χ4n) is 1.44. The largest absolute Gasteiger partial charge is 0.381 e. The summed E-state index contributed by atoms with van der Waals surface area (Å²) in [5.41, 5.74) is 0.587. The van der Waals surface area contributed by atoms with E-state index in [-0.39, 0.29) is 11.3 Å². The Labute approximate surface area is 126 Å². The van der Waals surface area contributed by atoms with Crippen molar-refractivity contribution >= 4 is 33.4 Å². The number of aromatic nitrogens is 2. The van der Waals surface area contributed by atoms with Gasteiger partial charge in [-0.25, -0.2) is 0 Å². The first-order valence-corrected chi connectivity index (χ1v) is 8.11. The fraction of sp³-hybridized carbons (Fsp3) is 0.750. The first-order chi connectivity index (χ1) is 8.96. The van der Waals surface area contributed by atoms with E-state index in [0.717, 1.165) is 29.0 Å². The van der Waals surface area contributed by atoms with Gasteiger partial charge in [0.05, 0.1) is 12.3 Å². The van der Waals surface area contributed by atoms with Crippen LogP contribution < -0.4 is 5.32 Å². The highest BCUT2D eigenvalue weighted by Crippen LogP contribution is 2.25. The van der Waals surface area contributed by atoms with Crippen molar-refractivity contribution in [1.82, 2.24) is 14.9 Å². The average molecular weight is 350 g/mol. The number of hydrogen-bond donors (Lipinski definition) is 1. The summed E-state index contributed by atoms with van der Waals surface area (Å²) in [5.74, 6) is -0.0968. The zero-order chi connectivity index (χ0) is 14.3. The fourth-order valence-corrected chi connectivity index (χ4v) is 2.46. The van der Waals surface area contributed by atoms with Gasteiger partial charge >= 0.3 is 0 Å². The number of amides is 1. The van der Waals surface area contributed by atoms with Crippen LogP contribution in [0, 0.1) is 0 Å². The molecule has 5 nitrogen and oxygen atoms in total. The van der Waals surface area contributed by atoms with Crippen molar-refractivity contribution in [3.05, 3.63) is 10.6 Å². The van der Waals surface area contributed by atoms with Gasteiger partial charge in [-0.1, -0.05) is 41.2 Å². The van der Waals surface area contributed by atoms with Crippen molar-refractivity contribution < 1.29 is 9.53 Å². The summed E-state index contributed by atoms with van der Waals surface area (Å²) in [6.07, 6.45) is 0.801. The number of hydrogen-bond acceptors (Lipinski definition) is 5. The third-order valence-electron chi connectivity index (χ3n) is 2.38. The maximum atomic E-state index is 12.0. The number of halogens is 1. The van der Waals surface area contributed by atoms with Crippen LogP contribution in [-0.4, -0.2) is 40.6 Å². The van der Waals surface area contributed by atoms with Crippen molar-refractivity contribution in [2.75, 3.05) is 25.1 Å². The zero-order valence-electron chi connectivity index (χ0n) is 11.5. The van der Waals surface area contributed by atoms with E-state index in [2.05, 4.69) is 30.8 Å². The van der Waals surface area contributed by atoms with E-state index < -0.39 is 0 Å². The quantitative estimate of drug-likeness (QED) is 0.606. The van der Waals surface area contributed by atoms with Crippen molar-refractivity contribution in [1.29, 1.82) is 0 Å². The second kappa shape index (κ2) is 7.91. The van der Waals surface area contributed by atoms with Crippen LogP contribution in [-0.2, 0) is 10.2 Å². The molecule has 0 bridgehead atoms. The third-order valence-corrected chi connectivity index (χ3v) is 3.43. The predicted octanol–water partition coefficient (Wildman–Crippen LogP) is 2.37. The van der Waals surface area contributed by atoms with E-state index in [4.69, 9.17) is 4.74 Å². The van der Waals surface area contributed by atoms with E-state index in [9.17, 15) is 4.79 Å². The lowest BCUT2D eigenvalue weighted by atomic mass is 9.91. The lowest BCUT2D eigenvalue weighted by Crippen LogP contribution is -2.27. The van der Waals surface area contributed by atoms with Gasteiger partial charge in [-0.2, -0.15) is 0 Å². The first kappa shape index (κ1) is 16.5. The minimum absolute atomic E-state index is 0.0968. The lowest BCUT2D eigenvalue weighted by molar-refractivity contribution is 0.0946. The monoisotopic (exact) mass is 349 g/mol. The van der Waals surface area contributed by atoms with Crippen molar-refractivity contribution in [2.24, 2.45) is 0 Å². The van der Waals surface area contributed by atoms with E-state index >= 15 is 0 Å². The number of carbonyl (C=O) groups excluding carboxylic acids is 1. The topological polar surface area (TPSA) is 64.1 Å². The molecule has 0 aliphatic heterocycles. The van der Waals surface area contributed by atoms with Crippen LogP contribution in [0.1, 0.15) is 42.6 Å². The van der Waals surface area contributed by atoms with Gasteiger partial charge in [0.25, 0.3) is 5.91 Å². The average Bonchev–Trinajstić information content (AvgIpc) is 2.82. The Hall–Kier alpha value is -0.530. The van der Waals surface area contributed by atoms with Crippen LogP contribution in [0.2, 0.25) is 0 Å². The van der Waals surface area contributed by atoms with Crippen LogP contribution in [0.15, 0.2) is 0 Å². The highest BCUT2D eigenvalue weighted by molar-refractivity contribution is 9.09. The van der Waals surface area contributed by atoms with Gasteiger partial charge in [0, 0.05) is 23.9 Å². The first-order valence-electron chi connectivity index (χ1n) is 6.21. The number of nitrogens with one attached hydrogen (secondary N) is 1. The Balaban J connectivity index is 2.40. The summed E-state index contributed by atoms with van der Waals surface area (Å²) in [7, 11) is 0. The number of ether oxygens (including phenoxy) is 1. The molecule has 1 rings (SSSR count). The summed E-state index contributed by atoms with van der Waals surface area (Å²) < 4.78 is 9.19. The Morgan fingerprint density at radius 2 is 2.16 bits per heavy atom. The molecule has 0 unspecified atom stereocenters.